The number of hydrogen-bond acceptors (Lipinski definition) is 2. The molecule has 0 radical (unpaired) electrons. The number of amides is 1. The molecule has 0 spiro atoms. The molecule has 1 heterocycles. The Kier molecular flexibility index (Phi) is 2.23. The number of carbonyl (C=O) groups excluding carboxylic acids is 1. The van der Waals surface area contributed by atoms with Gasteiger partial charge in [-0.1, -0.05) is 0 Å². The monoisotopic (exact) mass is 208 g/mol. The van der Waals surface area contributed by atoms with Crippen LogP contribution in [-0.4, -0.2) is 48.9 Å². The Balaban J connectivity index is 1.55. The van der Waals surface area contributed by atoms with Gasteiger partial charge in [0.15, 0.2) is 0 Å². The van der Waals surface area contributed by atoms with Crippen LogP contribution in [0.5, 0.6) is 0 Å². The second-order valence-electron chi connectivity index (χ2n) is 5.55. The highest BCUT2D eigenvalue weighted by molar-refractivity contribution is 5.79. The van der Waals surface area contributed by atoms with Gasteiger partial charge in [-0.15, -0.1) is 0 Å². The minimum atomic E-state index is 0.386. The topological polar surface area (TPSA) is 23.6 Å². The molecule has 1 amide bonds. The van der Waals surface area contributed by atoms with Gasteiger partial charge in [0, 0.05) is 32.1 Å². The zero-order valence-electron chi connectivity index (χ0n) is 9.48. The maximum atomic E-state index is 12.2. The standard InChI is InChI=1S/C12H20N2O/c1-13-2-4-14(5-3-13)12(15)11-7-9-6-10(9)8-11/h9-11H,2-8H2,1H3. The van der Waals surface area contributed by atoms with Crippen LogP contribution in [0.25, 0.3) is 0 Å². The van der Waals surface area contributed by atoms with Crippen molar-refractivity contribution in [2.75, 3.05) is 33.2 Å². The molecule has 3 rings (SSSR count). The maximum absolute atomic E-state index is 12.2. The second kappa shape index (κ2) is 3.48. The highest BCUT2D eigenvalue weighted by Gasteiger charge is 2.48. The summed E-state index contributed by atoms with van der Waals surface area (Å²) in [5, 5.41) is 0. The Morgan fingerprint density at radius 3 is 2.20 bits per heavy atom. The zero-order valence-corrected chi connectivity index (χ0v) is 9.48. The normalized spacial score (nSPS) is 40.3. The van der Waals surface area contributed by atoms with E-state index in [1.54, 1.807) is 0 Å². The maximum Gasteiger partial charge on any atom is 0.225 e. The van der Waals surface area contributed by atoms with E-state index in [4.69, 9.17) is 0 Å². The summed E-state index contributed by atoms with van der Waals surface area (Å²) in [7, 11) is 2.13. The first-order valence-corrected chi connectivity index (χ1v) is 6.21. The lowest BCUT2D eigenvalue weighted by Gasteiger charge is -2.34. The van der Waals surface area contributed by atoms with Crippen molar-refractivity contribution >= 4 is 5.91 Å². The van der Waals surface area contributed by atoms with Crippen LogP contribution >= 0.6 is 0 Å². The molecular weight excluding hydrogens is 188 g/mol. The molecule has 3 aliphatic rings. The van der Waals surface area contributed by atoms with Gasteiger partial charge in [0.25, 0.3) is 0 Å². The highest BCUT2D eigenvalue weighted by Crippen LogP contribution is 2.54. The summed E-state index contributed by atoms with van der Waals surface area (Å²) in [5.41, 5.74) is 0. The first kappa shape index (κ1) is 9.64. The molecule has 2 aliphatic carbocycles. The van der Waals surface area contributed by atoms with Crippen LogP contribution in [0.4, 0.5) is 0 Å². The summed E-state index contributed by atoms with van der Waals surface area (Å²) in [6.07, 6.45) is 3.79. The van der Waals surface area contributed by atoms with Gasteiger partial charge in [0.2, 0.25) is 5.91 Å². The summed E-state index contributed by atoms with van der Waals surface area (Å²) in [6.45, 7) is 3.99. The van der Waals surface area contributed by atoms with Crippen molar-refractivity contribution in [3.63, 3.8) is 0 Å². The van der Waals surface area contributed by atoms with E-state index >= 15 is 0 Å². The summed E-state index contributed by atoms with van der Waals surface area (Å²) in [6, 6.07) is 0. The average molecular weight is 208 g/mol. The predicted molar refractivity (Wildman–Crippen MR) is 58.4 cm³/mol. The van der Waals surface area contributed by atoms with E-state index in [0.29, 0.717) is 11.8 Å². The summed E-state index contributed by atoms with van der Waals surface area (Å²) < 4.78 is 0. The lowest BCUT2D eigenvalue weighted by atomic mass is 10.0. The molecule has 2 saturated carbocycles. The molecule has 0 bridgehead atoms. The number of hydrogen-bond donors (Lipinski definition) is 0. The van der Waals surface area contributed by atoms with Crippen molar-refractivity contribution < 1.29 is 4.79 Å². The van der Waals surface area contributed by atoms with E-state index in [-0.39, 0.29) is 0 Å². The average Bonchev–Trinajstić information content (AvgIpc) is 2.86. The van der Waals surface area contributed by atoms with Gasteiger partial charge in [-0.05, 0) is 38.1 Å². The Labute approximate surface area is 91.4 Å². The van der Waals surface area contributed by atoms with Gasteiger partial charge in [0.1, 0.15) is 0 Å². The van der Waals surface area contributed by atoms with Crippen LogP contribution in [0.1, 0.15) is 19.3 Å². The molecule has 0 N–H and O–H groups in total. The SMILES string of the molecule is CN1CCN(C(=O)C2CC3CC3C2)CC1. The van der Waals surface area contributed by atoms with E-state index < -0.39 is 0 Å². The molecule has 3 fully saturated rings. The van der Waals surface area contributed by atoms with Gasteiger partial charge in [-0.25, -0.2) is 0 Å². The fraction of sp³-hybridized carbons (Fsp3) is 0.917. The largest absolute Gasteiger partial charge is 0.340 e. The minimum absolute atomic E-state index is 0.386. The lowest BCUT2D eigenvalue weighted by Crippen LogP contribution is -2.48. The summed E-state index contributed by atoms with van der Waals surface area (Å²) >= 11 is 0. The van der Waals surface area contributed by atoms with Crippen molar-refractivity contribution in [1.29, 1.82) is 0 Å². The number of carbonyl (C=O) groups is 1. The fourth-order valence-corrected chi connectivity index (χ4v) is 3.20. The van der Waals surface area contributed by atoms with E-state index in [9.17, 15) is 4.79 Å². The third-order valence-electron chi connectivity index (χ3n) is 4.41. The van der Waals surface area contributed by atoms with Crippen LogP contribution in [-0.2, 0) is 4.79 Å². The number of piperazine rings is 1. The molecule has 1 saturated heterocycles. The number of fused-ring (bicyclic) bond motifs is 1. The van der Waals surface area contributed by atoms with Gasteiger partial charge < -0.3 is 9.80 Å². The molecule has 15 heavy (non-hydrogen) atoms. The molecule has 2 unspecified atom stereocenters. The molecule has 3 heteroatoms. The molecule has 2 atom stereocenters. The van der Waals surface area contributed by atoms with Gasteiger partial charge in [0.05, 0.1) is 0 Å². The highest BCUT2D eigenvalue weighted by atomic mass is 16.2. The first-order chi connectivity index (χ1) is 7.24. The molecule has 3 nitrogen and oxygen atoms in total. The van der Waals surface area contributed by atoms with Gasteiger partial charge in [-0.2, -0.15) is 0 Å². The van der Waals surface area contributed by atoms with Crippen LogP contribution in [0.3, 0.4) is 0 Å². The molecule has 84 valence electrons. The van der Waals surface area contributed by atoms with Crippen molar-refractivity contribution in [1.82, 2.24) is 9.80 Å². The lowest BCUT2D eigenvalue weighted by molar-refractivity contribution is -0.137. The molecule has 0 aromatic rings. The van der Waals surface area contributed by atoms with E-state index in [1.807, 2.05) is 0 Å². The Bertz CT molecular complexity index is 261. The predicted octanol–water partition coefficient (Wildman–Crippen LogP) is 0.806. The van der Waals surface area contributed by atoms with E-state index in [2.05, 4.69) is 16.8 Å². The van der Waals surface area contributed by atoms with Crippen molar-refractivity contribution in [2.24, 2.45) is 17.8 Å². The van der Waals surface area contributed by atoms with Crippen LogP contribution in [0, 0.1) is 17.8 Å². The van der Waals surface area contributed by atoms with Crippen LogP contribution in [0.2, 0.25) is 0 Å². The number of nitrogens with zero attached hydrogens (tertiary/aromatic N) is 2. The second-order valence-corrected chi connectivity index (χ2v) is 5.55. The molecule has 0 aromatic carbocycles. The fourth-order valence-electron chi connectivity index (χ4n) is 3.20. The molecule has 0 aromatic heterocycles. The van der Waals surface area contributed by atoms with Crippen molar-refractivity contribution in [2.45, 2.75) is 19.3 Å². The molecule has 1 aliphatic heterocycles. The van der Waals surface area contributed by atoms with Crippen LogP contribution in [0.15, 0.2) is 0 Å². The zero-order chi connectivity index (χ0) is 10.4. The first-order valence-electron chi connectivity index (χ1n) is 6.21. The number of likely N-dealkylation sites (N-methyl/N-ethyl adjacent to an activating group) is 1. The summed E-state index contributed by atoms with van der Waals surface area (Å²) in [5.74, 6) is 2.69. The van der Waals surface area contributed by atoms with E-state index in [1.165, 1.54) is 19.3 Å². The van der Waals surface area contributed by atoms with Crippen LogP contribution < -0.4 is 0 Å². The van der Waals surface area contributed by atoms with E-state index in [0.717, 1.165) is 38.0 Å². The Morgan fingerprint density at radius 1 is 1.00 bits per heavy atom. The Hall–Kier alpha value is -0.570. The molecular formula is C12H20N2O. The van der Waals surface area contributed by atoms with Gasteiger partial charge >= 0.3 is 0 Å². The third-order valence-corrected chi connectivity index (χ3v) is 4.41. The quantitative estimate of drug-likeness (QED) is 0.636. The smallest absolute Gasteiger partial charge is 0.225 e. The summed E-state index contributed by atoms with van der Waals surface area (Å²) in [4.78, 5) is 16.6. The van der Waals surface area contributed by atoms with Gasteiger partial charge in [-0.3, -0.25) is 4.79 Å². The third kappa shape index (κ3) is 1.78. The number of rotatable bonds is 1. The van der Waals surface area contributed by atoms with Crippen molar-refractivity contribution in [3.05, 3.63) is 0 Å². The Morgan fingerprint density at radius 2 is 1.60 bits per heavy atom. The minimum Gasteiger partial charge on any atom is -0.340 e. The van der Waals surface area contributed by atoms with Crippen molar-refractivity contribution in [3.8, 4) is 0 Å².